The second-order valence-corrected chi connectivity index (χ2v) is 7.21. The molecule has 134 valence electrons. The maximum absolute atomic E-state index is 11.7. The van der Waals surface area contributed by atoms with E-state index >= 15 is 0 Å². The Balaban J connectivity index is 1.82. The fourth-order valence-electron chi connectivity index (χ4n) is 2.05. The van der Waals surface area contributed by atoms with Gasteiger partial charge in [-0.1, -0.05) is 11.3 Å². The minimum absolute atomic E-state index is 0.340. The van der Waals surface area contributed by atoms with Crippen LogP contribution in [-0.2, 0) is 14.3 Å². The van der Waals surface area contributed by atoms with Crippen molar-refractivity contribution in [1.29, 1.82) is 0 Å². The molecule has 1 aromatic heterocycles. The SMILES string of the molecule is CCOC(=O)c1cnc(N2CCN(OC(=O)OC(C)(C)C)CC2)s1. The molecule has 9 heteroatoms. The molecule has 0 amide bonds. The van der Waals surface area contributed by atoms with E-state index in [1.807, 2.05) is 4.90 Å². The standard InChI is InChI=1S/C15H23N3O5S/c1-5-21-12(19)11-10-16-13(24-11)17-6-8-18(9-7-17)23-14(20)22-15(2,3)4/h10H,5-9H2,1-4H3. The largest absolute Gasteiger partial charge is 0.528 e. The molecule has 1 saturated heterocycles. The van der Waals surface area contributed by atoms with Crippen LogP contribution in [0.15, 0.2) is 6.20 Å². The molecule has 1 aliphatic heterocycles. The van der Waals surface area contributed by atoms with Crippen LogP contribution < -0.4 is 4.90 Å². The average Bonchev–Trinajstić information content (AvgIpc) is 2.96. The van der Waals surface area contributed by atoms with Crippen LogP contribution >= 0.6 is 11.3 Å². The first-order chi connectivity index (χ1) is 11.3. The average molecular weight is 357 g/mol. The van der Waals surface area contributed by atoms with Gasteiger partial charge in [0.05, 0.1) is 25.9 Å². The van der Waals surface area contributed by atoms with Crippen LogP contribution in [0.5, 0.6) is 0 Å². The predicted octanol–water partition coefficient (Wildman–Crippen LogP) is 2.31. The Kier molecular flexibility index (Phi) is 6.00. The molecule has 0 atom stereocenters. The van der Waals surface area contributed by atoms with Crippen LogP contribution in [0.4, 0.5) is 9.93 Å². The van der Waals surface area contributed by atoms with Crippen LogP contribution in [-0.4, -0.2) is 60.6 Å². The predicted molar refractivity (Wildman–Crippen MR) is 89.2 cm³/mol. The number of hydrogen-bond donors (Lipinski definition) is 0. The van der Waals surface area contributed by atoms with Gasteiger partial charge in [0.2, 0.25) is 0 Å². The normalized spacial score (nSPS) is 15.9. The summed E-state index contributed by atoms with van der Waals surface area (Å²) in [4.78, 5) is 35.3. The number of rotatable bonds is 4. The molecule has 2 heterocycles. The third-order valence-corrected chi connectivity index (χ3v) is 4.11. The van der Waals surface area contributed by atoms with Crippen LogP contribution in [0, 0.1) is 0 Å². The van der Waals surface area contributed by atoms with E-state index in [2.05, 4.69) is 4.98 Å². The van der Waals surface area contributed by atoms with Crippen LogP contribution in [0.25, 0.3) is 0 Å². The summed E-state index contributed by atoms with van der Waals surface area (Å²) < 4.78 is 10.1. The summed E-state index contributed by atoms with van der Waals surface area (Å²) in [5.74, 6) is -0.354. The molecule has 1 aromatic rings. The third-order valence-electron chi connectivity index (χ3n) is 3.07. The molecular formula is C15H23N3O5S. The quantitative estimate of drug-likeness (QED) is 0.760. The van der Waals surface area contributed by atoms with Crippen LogP contribution in [0.3, 0.4) is 0 Å². The van der Waals surface area contributed by atoms with E-state index in [1.165, 1.54) is 17.5 Å². The van der Waals surface area contributed by atoms with Gasteiger partial charge in [0.1, 0.15) is 10.5 Å². The Morgan fingerprint density at radius 1 is 1.25 bits per heavy atom. The highest BCUT2D eigenvalue weighted by Gasteiger charge is 2.25. The zero-order valence-electron chi connectivity index (χ0n) is 14.4. The molecule has 0 bridgehead atoms. The molecule has 8 nitrogen and oxygen atoms in total. The number of anilines is 1. The van der Waals surface area contributed by atoms with Crippen molar-refractivity contribution in [2.45, 2.75) is 33.3 Å². The Bertz CT molecular complexity index is 576. The van der Waals surface area contributed by atoms with Crippen molar-refractivity contribution in [1.82, 2.24) is 10.0 Å². The summed E-state index contributed by atoms with van der Waals surface area (Å²) in [6, 6.07) is 0. The number of thiazole rings is 1. The lowest BCUT2D eigenvalue weighted by Gasteiger charge is -2.33. The number of piperazine rings is 1. The van der Waals surface area contributed by atoms with Gasteiger partial charge in [-0.2, -0.15) is 0 Å². The molecule has 0 saturated carbocycles. The summed E-state index contributed by atoms with van der Waals surface area (Å²) in [6.45, 7) is 9.82. The van der Waals surface area contributed by atoms with E-state index in [-0.39, 0.29) is 5.97 Å². The molecule has 1 fully saturated rings. The second-order valence-electron chi connectivity index (χ2n) is 6.20. The Hall–Kier alpha value is -1.87. The molecule has 0 aliphatic carbocycles. The Morgan fingerprint density at radius 3 is 2.50 bits per heavy atom. The van der Waals surface area contributed by atoms with E-state index in [1.54, 1.807) is 32.8 Å². The van der Waals surface area contributed by atoms with Gasteiger partial charge < -0.3 is 19.2 Å². The number of nitrogens with zero attached hydrogens (tertiary/aromatic N) is 3. The summed E-state index contributed by atoms with van der Waals surface area (Å²) in [7, 11) is 0. The summed E-state index contributed by atoms with van der Waals surface area (Å²) >= 11 is 1.30. The van der Waals surface area contributed by atoms with Gasteiger partial charge in [0.15, 0.2) is 5.13 Å². The van der Waals surface area contributed by atoms with Gasteiger partial charge in [-0.15, -0.1) is 5.06 Å². The number of hydrogen-bond acceptors (Lipinski definition) is 9. The summed E-state index contributed by atoms with van der Waals surface area (Å²) in [6.07, 6.45) is 0.830. The summed E-state index contributed by atoms with van der Waals surface area (Å²) in [5, 5.41) is 2.33. The van der Waals surface area contributed by atoms with E-state index in [4.69, 9.17) is 14.3 Å². The molecule has 24 heavy (non-hydrogen) atoms. The number of esters is 1. The lowest BCUT2D eigenvalue weighted by atomic mass is 10.2. The number of carbonyl (C=O) groups is 2. The monoisotopic (exact) mass is 357 g/mol. The van der Waals surface area contributed by atoms with Gasteiger partial charge in [-0.25, -0.2) is 14.6 Å². The van der Waals surface area contributed by atoms with Gasteiger partial charge >= 0.3 is 12.1 Å². The zero-order chi connectivity index (χ0) is 17.7. The highest BCUT2D eigenvalue weighted by Crippen LogP contribution is 2.24. The van der Waals surface area contributed by atoms with Crippen molar-refractivity contribution in [3.8, 4) is 0 Å². The minimum atomic E-state index is -0.699. The van der Waals surface area contributed by atoms with Gasteiger partial charge in [-0.3, -0.25) is 0 Å². The van der Waals surface area contributed by atoms with E-state index in [9.17, 15) is 9.59 Å². The maximum atomic E-state index is 11.7. The van der Waals surface area contributed by atoms with Crippen molar-refractivity contribution in [2.75, 3.05) is 37.7 Å². The first-order valence-electron chi connectivity index (χ1n) is 7.82. The fourth-order valence-corrected chi connectivity index (χ4v) is 2.91. The van der Waals surface area contributed by atoms with Gasteiger partial charge in [0, 0.05) is 13.1 Å². The Labute approximate surface area is 145 Å². The molecule has 0 N–H and O–H groups in total. The molecular weight excluding hydrogens is 334 g/mol. The third kappa shape index (κ3) is 5.34. The Morgan fingerprint density at radius 2 is 1.92 bits per heavy atom. The highest BCUT2D eigenvalue weighted by atomic mass is 32.1. The maximum Gasteiger partial charge on any atom is 0.528 e. The molecule has 2 rings (SSSR count). The molecule has 1 aliphatic rings. The molecule has 0 unspecified atom stereocenters. The van der Waals surface area contributed by atoms with Crippen molar-refractivity contribution in [3.05, 3.63) is 11.1 Å². The number of ether oxygens (including phenoxy) is 2. The van der Waals surface area contributed by atoms with Crippen molar-refractivity contribution < 1.29 is 23.9 Å². The van der Waals surface area contributed by atoms with Crippen LogP contribution in [0.2, 0.25) is 0 Å². The molecule has 0 radical (unpaired) electrons. The van der Waals surface area contributed by atoms with E-state index in [0.717, 1.165) is 5.13 Å². The van der Waals surface area contributed by atoms with E-state index in [0.29, 0.717) is 37.7 Å². The number of aromatic nitrogens is 1. The van der Waals surface area contributed by atoms with Crippen molar-refractivity contribution >= 4 is 28.6 Å². The number of hydroxylamine groups is 2. The fraction of sp³-hybridized carbons (Fsp3) is 0.667. The van der Waals surface area contributed by atoms with Crippen LogP contribution in [0.1, 0.15) is 37.4 Å². The first kappa shape index (κ1) is 18.5. The zero-order valence-corrected chi connectivity index (χ0v) is 15.2. The van der Waals surface area contributed by atoms with E-state index < -0.39 is 11.8 Å². The molecule has 0 aromatic carbocycles. The topological polar surface area (TPSA) is 81.2 Å². The molecule has 0 spiro atoms. The summed E-state index contributed by atoms with van der Waals surface area (Å²) in [5.41, 5.74) is -0.580. The lowest BCUT2D eigenvalue weighted by Crippen LogP contribution is -2.47. The highest BCUT2D eigenvalue weighted by molar-refractivity contribution is 7.17. The van der Waals surface area contributed by atoms with Crippen molar-refractivity contribution in [3.63, 3.8) is 0 Å². The minimum Gasteiger partial charge on any atom is -0.462 e. The smallest absolute Gasteiger partial charge is 0.462 e. The van der Waals surface area contributed by atoms with Gasteiger partial charge in [-0.05, 0) is 27.7 Å². The first-order valence-corrected chi connectivity index (χ1v) is 8.64. The van der Waals surface area contributed by atoms with Crippen molar-refractivity contribution in [2.24, 2.45) is 0 Å². The number of carbonyl (C=O) groups excluding carboxylic acids is 2. The van der Waals surface area contributed by atoms with Gasteiger partial charge in [0.25, 0.3) is 0 Å². The second kappa shape index (κ2) is 7.80. The lowest BCUT2D eigenvalue weighted by molar-refractivity contribution is -0.144.